The van der Waals surface area contributed by atoms with E-state index >= 15 is 0 Å². The largest absolute Gasteiger partial charge is 0.489 e. The summed E-state index contributed by atoms with van der Waals surface area (Å²) in [5.41, 5.74) is 1.20. The highest BCUT2D eigenvalue weighted by molar-refractivity contribution is 7.89. The summed E-state index contributed by atoms with van der Waals surface area (Å²) in [5, 5.41) is 0. The molecule has 152 valence electrons. The molecule has 28 heavy (non-hydrogen) atoms. The maximum absolute atomic E-state index is 12.7. The van der Waals surface area contributed by atoms with E-state index in [0.29, 0.717) is 12.4 Å². The Balaban J connectivity index is 1.55. The van der Waals surface area contributed by atoms with Crippen LogP contribution in [0.1, 0.15) is 39.2 Å². The molecule has 2 aromatic rings. The quantitative estimate of drug-likeness (QED) is 0.798. The lowest BCUT2D eigenvalue weighted by Crippen LogP contribution is -2.50. The molecule has 1 saturated heterocycles. The molecular formula is C22H30N2O3S. The van der Waals surface area contributed by atoms with Gasteiger partial charge >= 0.3 is 0 Å². The standard InChI is InChI=1S/C22H30N2O3S/c1-22(2,3)24-15-13-19(14-16-24)23-28(25,26)21-11-9-20(10-12-21)27-17-18-7-5-4-6-8-18/h4-12,19,23H,13-17H2,1-3H3. The summed E-state index contributed by atoms with van der Waals surface area (Å²) in [7, 11) is -3.52. The van der Waals surface area contributed by atoms with Gasteiger partial charge in [0.2, 0.25) is 10.0 Å². The minimum Gasteiger partial charge on any atom is -0.489 e. The maximum Gasteiger partial charge on any atom is 0.240 e. The maximum atomic E-state index is 12.7. The van der Waals surface area contributed by atoms with Crippen molar-refractivity contribution < 1.29 is 13.2 Å². The first-order valence-corrected chi connectivity index (χ1v) is 11.3. The van der Waals surface area contributed by atoms with E-state index in [1.165, 1.54) is 0 Å². The van der Waals surface area contributed by atoms with Gasteiger partial charge in [-0.3, -0.25) is 4.90 Å². The number of nitrogens with zero attached hydrogens (tertiary/aromatic N) is 1. The third-order valence-corrected chi connectivity index (χ3v) is 6.68. The van der Waals surface area contributed by atoms with E-state index in [0.717, 1.165) is 31.5 Å². The minimum atomic E-state index is -3.52. The summed E-state index contributed by atoms with van der Waals surface area (Å²) >= 11 is 0. The number of hydrogen-bond acceptors (Lipinski definition) is 4. The van der Waals surface area contributed by atoms with Crippen molar-refractivity contribution in [2.75, 3.05) is 13.1 Å². The second kappa shape index (κ2) is 8.64. The first kappa shape index (κ1) is 20.8. The van der Waals surface area contributed by atoms with E-state index in [-0.39, 0.29) is 16.5 Å². The van der Waals surface area contributed by atoms with Crippen LogP contribution in [-0.2, 0) is 16.6 Å². The van der Waals surface area contributed by atoms with Gasteiger partial charge in [-0.25, -0.2) is 13.1 Å². The monoisotopic (exact) mass is 402 g/mol. The predicted molar refractivity (Wildman–Crippen MR) is 112 cm³/mol. The van der Waals surface area contributed by atoms with Crippen molar-refractivity contribution in [2.24, 2.45) is 0 Å². The Morgan fingerprint density at radius 3 is 2.18 bits per heavy atom. The van der Waals surface area contributed by atoms with Gasteiger partial charge in [0.05, 0.1) is 4.90 Å². The topological polar surface area (TPSA) is 58.6 Å². The van der Waals surface area contributed by atoms with Crippen LogP contribution in [0.15, 0.2) is 59.5 Å². The molecule has 0 bridgehead atoms. The average molecular weight is 403 g/mol. The highest BCUT2D eigenvalue weighted by Crippen LogP contribution is 2.22. The van der Waals surface area contributed by atoms with Crippen LogP contribution < -0.4 is 9.46 Å². The Hall–Kier alpha value is -1.89. The van der Waals surface area contributed by atoms with Gasteiger partial charge in [-0.05, 0) is 63.4 Å². The van der Waals surface area contributed by atoms with Gasteiger partial charge in [-0.1, -0.05) is 30.3 Å². The molecule has 0 unspecified atom stereocenters. The molecule has 1 aliphatic rings. The number of sulfonamides is 1. The molecule has 0 spiro atoms. The third-order valence-electron chi connectivity index (χ3n) is 5.15. The van der Waals surface area contributed by atoms with E-state index in [9.17, 15) is 8.42 Å². The summed E-state index contributed by atoms with van der Waals surface area (Å²) < 4.78 is 34.0. The van der Waals surface area contributed by atoms with Gasteiger partial charge in [0.15, 0.2) is 0 Å². The minimum absolute atomic E-state index is 0.0161. The predicted octanol–water partition coefficient (Wildman–Crippen LogP) is 3.81. The van der Waals surface area contributed by atoms with Crippen LogP contribution in [-0.4, -0.2) is 38.0 Å². The van der Waals surface area contributed by atoms with Gasteiger partial charge in [0.25, 0.3) is 0 Å². The normalized spacial score (nSPS) is 16.8. The fourth-order valence-corrected chi connectivity index (χ4v) is 4.72. The molecule has 0 radical (unpaired) electrons. The third kappa shape index (κ3) is 5.56. The molecule has 0 atom stereocenters. The SMILES string of the molecule is CC(C)(C)N1CCC(NS(=O)(=O)c2ccc(OCc3ccccc3)cc2)CC1. The summed E-state index contributed by atoms with van der Waals surface area (Å²) in [6, 6.07) is 16.5. The van der Waals surface area contributed by atoms with Crippen molar-refractivity contribution >= 4 is 10.0 Å². The molecule has 1 N–H and O–H groups in total. The molecule has 0 saturated carbocycles. The van der Waals surface area contributed by atoms with E-state index < -0.39 is 10.0 Å². The van der Waals surface area contributed by atoms with Crippen LogP contribution in [0.3, 0.4) is 0 Å². The number of piperidine rings is 1. The molecule has 1 heterocycles. The van der Waals surface area contributed by atoms with Gasteiger partial charge in [-0.15, -0.1) is 0 Å². The van der Waals surface area contributed by atoms with Gasteiger partial charge < -0.3 is 4.74 Å². The molecule has 0 amide bonds. The van der Waals surface area contributed by atoms with Gasteiger partial charge in [0.1, 0.15) is 12.4 Å². The second-order valence-electron chi connectivity index (χ2n) is 8.30. The van der Waals surface area contributed by atoms with Crippen LogP contribution in [0.4, 0.5) is 0 Å². The summed E-state index contributed by atoms with van der Waals surface area (Å²) in [6.07, 6.45) is 1.66. The number of ether oxygens (including phenoxy) is 1. The van der Waals surface area contributed by atoms with Crippen LogP contribution >= 0.6 is 0 Å². The van der Waals surface area contributed by atoms with Crippen molar-refractivity contribution in [1.29, 1.82) is 0 Å². The van der Waals surface area contributed by atoms with E-state index in [1.54, 1.807) is 24.3 Å². The molecule has 1 fully saturated rings. The first-order valence-electron chi connectivity index (χ1n) is 9.78. The van der Waals surface area contributed by atoms with Gasteiger partial charge in [0, 0.05) is 24.7 Å². The second-order valence-corrected chi connectivity index (χ2v) is 10.0. The fourth-order valence-electron chi connectivity index (χ4n) is 3.41. The van der Waals surface area contributed by atoms with Crippen molar-refractivity contribution in [3.8, 4) is 5.75 Å². The van der Waals surface area contributed by atoms with E-state index in [4.69, 9.17) is 4.74 Å². The number of likely N-dealkylation sites (tertiary alicyclic amines) is 1. The molecular weight excluding hydrogens is 372 g/mol. The Kier molecular flexibility index (Phi) is 6.43. The Morgan fingerprint density at radius 2 is 1.61 bits per heavy atom. The number of hydrogen-bond donors (Lipinski definition) is 1. The fraction of sp³-hybridized carbons (Fsp3) is 0.455. The molecule has 1 aliphatic heterocycles. The van der Waals surface area contributed by atoms with Crippen LogP contribution in [0.25, 0.3) is 0 Å². The van der Waals surface area contributed by atoms with E-state index in [2.05, 4.69) is 30.4 Å². The van der Waals surface area contributed by atoms with Crippen LogP contribution in [0.2, 0.25) is 0 Å². The lowest BCUT2D eigenvalue weighted by molar-refractivity contribution is 0.100. The zero-order valence-electron chi connectivity index (χ0n) is 16.9. The lowest BCUT2D eigenvalue weighted by atomic mass is 9.99. The zero-order valence-corrected chi connectivity index (χ0v) is 17.7. The average Bonchev–Trinajstić information content (AvgIpc) is 2.67. The van der Waals surface area contributed by atoms with Gasteiger partial charge in [-0.2, -0.15) is 0 Å². The molecule has 3 rings (SSSR count). The molecule has 0 aliphatic carbocycles. The lowest BCUT2D eigenvalue weighted by Gasteiger charge is -2.40. The Morgan fingerprint density at radius 1 is 1.00 bits per heavy atom. The zero-order chi connectivity index (χ0) is 20.2. The highest BCUT2D eigenvalue weighted by atomic mass is 32.2. The van der Waals surface area contributed by atoms with Crippen molar-refractivity contribution in [3.63, 3.8) is 0 Å². The van der Waals surface area contributed by atoms with Crippen molar-refractivity contribution in [3.05, 3.63) is 60.2 Å². The smallest absolute Gasteiger partial charge is 0.240 e. The first-order chi connectivity index (χ1) is 13.2. The molecule has 6 heteroatoms. The summed E-state index contributed by atoms with van der Waals surface area (Å²) in [6.45, 7) is 8.85. The Labute approximate surface area is 168 Å². The highest BCUT2D eigenvalue weighted by Gasteiger charge is 2.29. The number of benzene rings is 2. The van der Waals surface area contributed by atoms with Crippen LogP contribution in [0, 0.1) is 0 Å². The molecule has 5 nitrogen and oxygen atoms in total. The van der Waals surface area contributed by atoms with Crippen LogP contribution in [0.5, 0.6) is 5.75 Å². The molecule has 0 aromatic heterocycles. The number of nitrogens with one attached hydrogen (secondary N) is 1. The number of rotatable bonds is 6. The van der Waals surface area contributed by atoms with Crippen molar-refractivity contribution in [2.45, 2.75) is 56.7 Å². The molecule has 2 aromatic carbocycles. The summed E-state index contributed by atoms with van der Waals surface area (Å²) in [5.74, 6) is 0.654. The van der Waals surface area contributed by atoms with E-state index in [1.807, 2.05) is 30.3 Å². The van der Waals surface area contributed by atoms with Crippen molar-refractivity contribution in [1.82, 2.24) is 9.62 Å². The summed E-state index contributed by atoms with van der Waals surface area (Å²) in [4.78, 5) is 2.68. The Bertz CT molecular complexity index is 851.